The molecule has 2 aromatic carbocycles. The first kappa shape index (κ1) is 21.0. The number of hydrogen-bond acceptors (Lipinski definition) is 4. The van der Waals surface area contributed by atoms with E-state index in [0.29, 0.717) is 15.6 Å². The third-order valence-corrected chi connectivity index (χ3v) is 6.00. The highest BCUT2D eigenvalue weighted by Crippen LogP contribution is 2.24. The van der Waals surface area contributed by atoms with Crippen LogP contribution in [0.1, 0.15) is 17.2 Å². The largest absolute Gasteiger partial charge is 0.497 e. The van der Waals surface area contributed by atoms with Crippen molar-refractivity contribution in [3.05, 3.63) is 63.6 Å². The Labute approximate surface area is 164 Å². The fourth-order valence-corrected chi connectivity index (χ4v) is 4.01. The molecule has 1 atom stereocenters. The molecule has 0 aliphatic rings. The average Bonchev–Trinajstić information content (AvgIpc) is 2.58. The van der Waals surface area contributed by atoms with Gasteiger partial charge in [-0.1, -0.05) is 41.4 Å². The van der Waals surface area contributed by atoms with Crippen LogP contribution < -0.4 is 9.46 Å². The van der Waals surface area contributed by atoms with Crippen LogP contribution in [0, 0.1) is 0 Å². The molecule has 0 saturated carbocycles. The van der Waals surface area contributed by atoms with Crippen molar-refractivity contribution in [3.63, 3.8) is 0 Å². The van der Waals surface area contributed by atoms with Gasteiger partial charge in [0.1, 0.15) is 5.75 Å². The lowest BCUT2D eigenvalue weighted by Gasteiger charge is -2.25. The van der Waals surface area contributed by atoms with Crippen molar-refractivity contribution in [2.45, 2.75) is 11.8 Å². The van der Waals surface area contributed by atoms with Gasteiger partial charge in [0, 0.05) is 12.6 Å². The van der Waals surface area contributed by atoms with Gasteiger partial charge in [-0.15, -0.1) is 0 Å². The third-order valence-electron chi connectivity index (χ3n) is 3.94. The number of rotatable bonds is 8. The first-order valence-corrected chi connectivity index (χ1v) is 10.3. The Kier molecular flexibility index (Phi) is 7.32. The molecule has 0 aromatic heterocycles. The molecule has 0 radical (unpaired) electrons. The number of ether oxygens (including phenoxy) is 1. The molecule has 2 rings (SSSR count). The SMILES string of the molecule is COc1cccc(C(CNS(=O)(=O)Cc2ccc(Cl)c(Cl)c2)N(C)C)c1. The number of benzene rings is 2. The van der Waals surface area contributed by atoms with Crippen LogP contribution in [0.15, 0.2) is 42.5 Å². The summed E-state index contributed by atoms with van der Waals surface area (Å²) in [5.41, 5.74) is 1.54. The lowest BCUT2D eigenvalue weighted by Crippen LogP contribution is -2.35. The molecule has 0 fully saturated rings. The molecule has 0 heterocycles. The van der Waals surface area contributed by atoms with E-state index in [0.717, 1.165) is 11.3 Å². The van der Waals surface area contributed by atoms with Gasteiger partial charge in [-0.3, -0.25) is 0 Å². The quantitative estimate of drug-likeness (QED) is 0.711. The number of methoxy groups -OCH3 is 1. The van der Waals surface area contributed by atoms with E-state index in [1.54, 1.807) is 25.3 Å². The summed E-state index contributed by atoms with van der Waals surface area (Å²) in [6.45, 7) is 0.240. The van der Waals surface area contributed by atoms with Crippen molar-refractivity contribution in [1.29, 1.82) is 0 Å². The highest BCUT2D eigenvalue weighted by Gasteiger charge is 2.19. The van der Waals surface area contributed by atoms with Crippen molar-refractivity contribution < 1.29 is 13.2 Å². The van der Waals surface area contributed by atoms with Gasteiger partial charge in [0.25, 0.3) is 0 Å². The van der Waals surface area contributed by atoms with Crippen molar-refractivity contribution in [3.8, 4) is 5.75 Å². The minimum atomic E-state index is -3.53. The van der Waals surface area contributed by atoms with Gasteiger partial charge in [-0.25, -0.2) is 13.1 Å². The van der Waals surface area contributed by atoms with Crippen LogP contribution in [0.4, 0.5) is 0 Å². The van der Waals surface area contributed by atoms with Crippen LogP contribution in [0.5, 0.6) is 5.75 Å². The van der Waals surface area contributed by atoms with Crippen molar-refractivity contribution in [1.82, 2.24) is 9.62 Å². The fourth-order valence-electron chi connectivity index (χ4n) is 2.55. The van der Waals surface area contributed by atoms with E-state index in [9.17, 15) is 8.42 Å². The van der Waals surface area contributed by atoms with Crippen LogP contribution in [0.3, 0.4) is 0 Å². The molecule has 0 aliphatic heterocycles. The number of hydrogen-bond donors (Lipinski definition) is 1. The van der Waals surface area contributed by atoms with E-state index < -0.39 is 10.0 Å². The van der Waals surface area contributed by atoms with Gasteiger partial charge in [-0.05, 0) is 49.5 Å². The lowest BCUT2D eigenvalue weighted by molar-refractivity contribution is 0.298. The maximum absolute atomic E-state index is 12.4. The molecule has 0 bridgehead atoms. The van der Waals surface area contributed by atoms with Crippen LogP contribution in [-0.2, 0) is 15.8 Å². The topological polar surface area (TPSA) is 58.6 Å². The Hall–Kier alpha value is -1.31. The van der Waals surface area contributed by atoms with Crippen LogP contribution in [0.25, 0.3) is 0 Å². The zero-order chi connectivity index (χ0) is 19.3. The van der Waals surface area contributed by atoms with Crippen LogP contribution in [-0.4, -0.2) is 41.1 Å². The summed E-state index contributed by atoms with van der Waals surface area (Å²) < 4.78 is 32.8. The van der Waals surface area contributed by atoms with Crippen LogP contribution >= 0.6 is 23.2 Å². The number of sulfonamides is 1. The molecule has 26 heavy (non-hydrogen) atoms. The molecule has 0 spiro atoms. The highest BCUT2D eigenvalue weighted by atomic mass is 35.5. The molecule has 1 N–H and O–H groups in total. The lowest BCUT2D eigenvalue weighted by atomic mass is 10.1. The molecule has 142 valence electrons. The van der Waals surface area contributed by atoms with E-state index in [1.807, 2.05) is 43.3 Å². The molecule has 8 heteroatoms. The molecule has 0 saturated heterocycles. The van der Waals surface area contributed by atoms with Crippen molar-refractivity contribution in [2.24, 2.45) is 0 Å². The van der Waals surface area contributed by atoms with E-state index in [1.165, 1.54) is 0 Å². The number of likely N-dealkylation sites (N-methyl/N-ethyl adjacent to an activating group) is 1. The van der Waals surface area contributed by atoms with Gasteiger partial charge in [0.05, 0.1) is 22.9 Å². The second-order valence-electron chi connectivity index (χ2n) is 6.11. The first-order valence-electron chi connectivity index (χ1n) is 7.93. The fraction of sp³-hybridized carbons (Fsp3) is 0.333. The Morgan fingerprint density at radius 2 is 1.85 bits per heavy atom. The minimum Gasteiger partial charge on any atom is -0.497 e. The van der Waals surface area contributed by atoms with Gasteiger partial charge in [-0.2, -0.15) is 0 Å². The normalized spacial score (nSPS) is 13.0. The molecule has 2 aromatic rings. The Bertz CT molecular complexity index is 857. The zero-order valence-electron chi connectivity index (χ0n) is 14.9. The summed E-state index contributed by atoms with van der Waals surface area (Å²) in [4.78, 5) is 1.95. The first-order chi connectivity index (χ1) is 12.2. The smallest absolute Gasteiger partial charge is 0.215 e. The highest BCUT2D eigenvalue weighted by molar-refractivity contribution is 7.88. The Balaban J connectivity index is 2.10. The maximum atomic E-state index is 12.4. The zero-order valence-corrected chi connectivity index (χ0v) is 17.2. The van der Waals surface area contributed by atoms with Gasteiger partial charge >= 0.3 is 0 Å². The summed E-state index contributed by atoms with van der Waals surface area (Å²) >= 11 is 11.8. The number of nitrogens with zero attached hydrogens (tertiary/aromatic N) is 1. The summed E-state index contributed by atoms with van der Waals surface area (Å²) in [5, 5.41) is 0.730. The molecule has 0 amide bonds. The predicted molar refractivity (Wildman–Crippen MR) is 107 cm³/mol. The second kappa shape index (κ2) is 9.06. The number of halogens is 2. The van der Waals surface area contributed by atoms with E-state index in [-0.39, 0.29) is 18.3 Å². The monoisotopic (exact) mass is 416 g/mol. The second-order valence-corrected chi connectivity index (χ2v) is 8.73. The molecule has 5 nitrogen and oxygen atoms in total. The van der Waals surface area contributed by atoms with Gasteiger partial charge in [0.15, 0.2) is 0 Å². The van der Waals surface area contributed by atoms with E-state index in [4.69, 9.17) is 27.9 Å². The average molecular weight is 417 g/mol. The molecule has 1 unspecified atom stereocenters. The summed E-state index contributed by atoms with van der Waals surface area (Å²) in [5.74, 6) is 0.565. The van der Waals surface area contributed by atoms with Crippen molar-refractivity contribution >= 4 is 33.2 Å². The maximum Gasteiger partial charge on any atom is 0.215 e. The third kappa shape index (κ3) is 5.86. The Morgan fingerprint density at radius 3 is 2.46 bits per heavy atom. The van der Waals surface area contributed by atoms with Crippen LogP contribution in [0.2, 0.25) is 10.0 Å². The molecular weight excluding hydrogens is 395 g/mol. The molecule has 0 aliphatic carbocycles. The Morgan fingerprint density at radius 1 is 1.12 bits per heavy atom. The molecular formula is C18H22Cl2N2O3S. The minimum absolute atomic E-state index is 0.131. The van der Waals surface area contributed by atoms with Crippen molar-refractivity contribution in [2.75, 3.05) is 27.7 Å². The summed E-state index contributed by atoms with van der Waals surface area (Å²) in [6.07, 6.45) is 0. The summed E-state index contributed by atoms with van der Waals surface area (Å²) in [6, 6.07) is 12.3. The van der Waals surface area contributed by atoms with Gasteiger partial charge < -0.3 is 9.64 Å². The predicted octanol–water partition coefficient (Wildman–Crippen LogP) is 3.72. The number of nitrogens with one attached hydrogen (secondary N) is 1. The van der Waals surface area contributed by atoms with E-state index in [2.05, 4.69) is 4.72 Å². The van der Waals surface area contributed by atoms with Gasteiger partial charge in [0.2, 0.25) is 10.0 Å². The standard InChI is InChI=1S/C18H22Cl2N2O3S/c1-22(2)18(14-5-4-6-15(10-14)25-3)11-21-26(23,24)12-13-7-8-16(19)17(20)9-13/h4-10,18,21H,11-12H2,1-3H3. The van der Waals surface area contributed by atoms with E-state index >= 15 is 0 Å². The summed E-state index contributed by atoms with van der Waals surface area (Å²) in [7, 11) is 1.88.